The first-order valence-electron chi connectivity index (χ1n) is 9.71. The van der Waals surface area contributed by atoms with E-state index in [0.717, 1.165) is 37.7 Å². The molecule has 0 bridgehead atoms. The van der Waals surface area contributed by atoms with Gasteiger partial charge in [0.1, 0.15) is 12.4 Å². The largest absolute Gasteiger partial charge is 0.472 e. The normalized spacial score (nSPS) is 43.9. The van der Waals surface area contributed by atoms with Gasteiger partial charge in [-0.1, -0.05) is 13.8 Å². The van der Waals surface area contributed by atoms with Crippen molar-refractivity contribution in [2.75, 3.05) is 0 Å². The van der Waals surface area contributed by atoms with Crippen LogP contribution in [0.25, 0.3) is 0 Å². The van der Waals surface area contributed by atoms with Gasteiger partial charge >= 0.3 is 5.97 Å². The van der Waals surface area contributed by atoms with Crippen LogP contribution in [-0.4, -0.2) is 30.6 Å². The van der Waals surface area contributed by atoms with Crippen molar-refractivity contribution < 1.29 is 23.5 Å². The van der Waals surface area contributed by atoms with Crippen molar-refractivity contribution in [1.82, 2.24) is 0 Å². The third kappa shape index (κ3) is 2.63. The molecule has 0 N–H and O–H groups in total. The molecule has 1 saturated heterocycles. The number of esters is 1. The molecule has 3 aliphatic rings. The van der Waals surface area contributed by atoms with Crippen LogP contribution >= 0.6 is 0 Å². The van der Waals surface area contributed by atoms with Crippen molar-refractivity contribution in [3.8, 4) is 0 Å². The van der Waals surface area contributed by atoms with E-state index in [1.54, 1.807) is 12.5 Å². The summed E-state index contributed by atoms with van der Waals surface area (Å²) < 4.78 is 16.9. The number of aryl methyl sites for hydroxylation is 1. The molecule has 2 aliphatic carbocycles. The second-order valence-corrected chi connectivity index (χ2v) is 8.73. The minimum atomic E-state index is -0.513. The van der Waals surface area contributed by atoms with E-state index in [0.29, 0.717) is 6.10 Å². The first-order valence-corrected chi connectivity index (χ1v) is 9.71. The van der Waals surface area contributed by atoms with Crippen molar-refractivity contribution in [3.05, 3.63) is 24.2 Å². The number of rotatable bonds is 5. The van der Waals surface area contributed by atoms with Gasteiger partial charge < -0.3 is 18.7 Å². The maximum absolute atomic E-state index is 12.6. The molecule has 2 saturated carbocycles. The minimum absolute atomic E-state index is 0.0100. The molecule has 0 amide bonds. The number of hydrogen-bond donors (Lipinski definition) is 0. The Bertz CT molecular complexity index is 683. The second-order valence-electron chi connectivity index (χ2n) is 8.73. The molecule has 4 rings (SSSR count). The molecule has 142 valence electrons. The zero-order valence-electron chi connectivity index (χ0n) is 15.8. The lowest BCUT2D eigenvalue weighted by Crippen LogP contribution is -2.60. The van der Waals surface area contributed by atoms with Gasteiger partial charge in [-0.05, 0) is 49.7 Å². The number of hydrogen-bond acceptors (Lipinski definition) is 5. The lowest BCUT2D eigenvalue weighted by Gasteiger charge is -2.57. The average molecular weight is 360 g/mol. The molecule has 7 unspecified atom stereocenters. The molecule has 5 nitrogen and oxygen atoms in total. The fraction of sp³-hybridized carbons (Fsp3) is 0.714. The third-order valence-electron chi connectivity index (χ3n) is 7.43. The Morgan fingerprint density at radius 1 is 1.42 bits per heavy atom. The maximum atomic E-state index is 12.6. The van der Waals surface area contributed by atoms with Gasteiger partial charge in [0.15, 0.2) is 0 Å². The highest BCUT2D eigenvalue weighted by Gasteiger charge is 2.68. The molecule has 2 heterocycles. The van der Waals surface area contributed by atoms with Crippen molar-refractivity contribution in [2.45, 2.75) is 71.2 Å². The molecule has 5 heteroatoms. The molecule has 1 aliphatic heterocycles. The Balaban J connectivity index is 1.69. The van der Waals surface area contributed by atoms with Gasteiger partial charge in [0.05, 0.1) is 24.7 Å². The number of epoxide rings is 1. The number of carbonyl (C=O) groups excluding carboxylic acids is 2. The zero-order valence-corrected chi connectivity index (χ0v) is 15.8. The monoisotopic (exact) mass is 360 g/mol. The van der Waals surface area contributed by atoms with Crippen LogP contribution in [-0.2, 0) is 25.5 Å². The van der Waals surface area contributed by atoms with Crippen molar-refractivity contribution in [3.63, 3.8) is 0 Å². The third-order valence-corrected chi connectivity index (χ3v) is 7.43. The number of fused-ring (bicyclic) bond motifs is 3. The van der Waals surface area contributed by atoms with Gasteiger partial charge in [-0.3, -0.25) is 4.79 Å². The summed E-state index contributed by atoms with van der Waals surface area (Å²) in [5.41, 5.74) is 0.472. The molecular weight excluding hydrogens is 332 g/mol. The summed E-state index contributed by atoms with van der Waals surface area (Å²) in [6.45, 7) is 5.77. The predicted octanol–water partition coefficient (Wildman–Crippen LogP) is 3.55. The standard InChI is InChI=1S/C21H28O5/c1-13-17(25-14(2)23)10-20(3)18(5-4-16-19(20)26-16)21(13,12-22)8-6-15-7-9-24-11-15/h7,9,11-13,16-19H,4-6,8,10H2,1-3H3. The Kier molecular flexibility index (Phi) is 4.25. The van der Waals surface area contributed by atoms with Crippen molar-refractivity contribution in [2.24, 2.45) is 22.7 Å². The maximum Gasteiger partial charge on any atom is 0.302 e. The van der Waals surface area contributed by atoms with Crippen LogP contribution in [0.15, 0.2) is 23.0 Å². The van der Waals surface area contributed by atoms with Gasteiger partial charge in [0, 0.05) is 23.7 Å². The molecule has 1 aromatic heterocycles. The Hall–Kier alpha value is -1.62. The summed E-state index contributed by atoms with van der Waals surface area (Å²) in [6.07, 6.45) is 9.18. The molecule has 26 heavy (non-hydrogen) atoms. The van der Waals surface area contributed by atoms with E-state index in [-0.39, 0.29) is 35.4 Å². The fourth-order valence-corrected chi connectivity index (χ4v) is 6.02. The SMILES string of the molecule is CC(=O)OC1CC2(C)C3OC3CCC2C(C=O)(CCc2ccoc2)C1C. The van der Waals surface area contributed by atoms with Crippen LogP contribution in [0.1, 0.15) is 52.0 Å². The topological polar surface area (TPSA) is 69.0 Å². The fourth-order valence-electron chi connectivity index (χ4n) is 6.02. The van der Waals surface area contributed by atoms with E-state index < -0.39 is 5.41 Å². The first-order chi connectivity index (χ1) is 12.4. The summed E-state index contributed by atoms with van der Waals surface area (Å²) in [4.78, 5) is 24.3. The number of furan rings is 1. The van der Waals surface area contributed by atoms with Gasteiger partial charge in [-0.25, -0.2) is 0 Å². The van der Waals surface area contributed by atoms with E-state index in [2.05, 4.69) is 13.8 Å². The second kappa shape index (κ2) is 6.22. The minimum Gasteiger partial charge on any atom is -0.472 e. The highest BCUT2D eigenvalue weighted by Crippen LogP contribution is 2.65. The lowest BCUT2D eigenvalue weighted by atomic mass is 9.46. The highest BCUT2D eigenvalue weighted by molar-refractivity contribution is 5.67. The van der Waals surface area contributed by atoms with Gasteiger partial charge in [0.25, 0.3) is 0 Å². The van der Waals surface area contributed by atoms with Crippen molar-refractivity contribution >= 4 is 12.3 Å². The average Bonchev–Trinajstić information content (AvgIpc) is 3.23. The van der Waals surface area contributed by atoms with Crippen LogP contribution in [0.5, 0.6) is 0 Å². The van der Waals surface area contributed by atoms with E-state index >= 15 is 0 Å². The van der Waals surface area contributed by atoms with E-state index in [4.69, 9.17) is 13.9 Å². The molecular formula is C21H28O5. The quantitative estimate of drug-likeness (QED) is 0.456. The summed E-state index contributed by atoms with van der Waals surface area (Å²) in [6, 6.07) is 1.95. The van der Waals surface area contributed by atoms with Crippen LogP contribution in [0.2, 0.25) is 0 Å². The highest BCUT2D eigenvalue weighted by atomic mass is 16.6. The predicted molar refractivity (Wildman–Crippen MR) is 94.4 cm³/mol. The zero-order chi connectivity index (χ0) is 18.5. The van der Waals surface area contributed by atoms with E-state index in [9.17, 15) is 9.59 Å². The molecule has 0 radical (unpaired) electrons. The van der Waals surface area contributed by atoms with Crippen LogP contribution in [0.3, 0.4) is 0 Å². The van der Waals surface area contributed by atoms with Crippen LogP contribution in [0, 0.1) is 22.7 Å². The molecule has 1 aromatic rings. The lowest BCUT2D eigenvalue weighted by molar-refractivity contribution is -0.180. The Morgan fingerprint density at radius 3 is 2.88 bits per heavy atom. The first kappa shape index (κ1) is 17.8. The molecule has 7 atom stereocenters. The van der Waals surface area contributed by atoms with Crippen molar-refractivity contribution in [1.29, 1.82) is 0 Å². The number of carbonyl (C=O) groups is 2. The Labute approximate surface area is 154 Å². The molecule has 0 aromatic carbocycles. The smallest absolute Gasteiger partial charge is 0.302 e. The number of aldehydes is 1. The van der Waals surface area contributed by atoms with Crippen LogP contribution in [0.4, 0.5) is 0 Å². The summed E-state index contributed by atoms with van der Waals surface area (Å²) in [5.74, 6) is -0.0308. The van der Waals surface area contributed by atoms with E-state index in [1.807, 2.05) is 6.07 Å². The van der Waals surface area contributed by atoms with Gasteiger partial charge in [-0.15, -0.1) is 0 Å². The van der Waals surface area contributed by atoms with Gasteiger partial charge in [0.2, 0.25) is 0 Å². The molecule has 3 fully saturated rings. The summed E-state index contributed by atoms with van der Waals surface area (Å²) in [7, 11) is 0. The van der Waals surface area contributed by atoms with Crippen LogP contribution < -0.4 is 0 Å². The summed E-state index contributed by atoms with van der Waals surface area (Å²) >= 11 is 0. The Morgan fingerprint density at radius 2 is 2.23 bits per heavy atom. The van der Waals surface area contributed by atoms with Gasteiger partial charge in [-0.2, -0.15) is 0 Å². The molecule has 0 spiro atoms. The summed E-state index contributed by atoms with van der Waals surface area (Å²) in [5, 5.41) is 0. The number of ether oxygens (including phenoxy) is 2. The van der Waals surface area contributed by atoms with E-state index in [1.165, 1.54) is 13.2 Å².